The second kappa shape index (κ2) is 4.84. The van der Waals surface area contributed by atoms with E-state index in [0.717, 1.165) is 10.9 Å². The highest BCUT2D eigenvalue weighted by molar-refractivity contribution is 8.00. The summed E-state index contributed by atoms with van der Waals surface area (Å²) in [4.78, 5) is 8.32. The van der Waals surface area contributed by atoms with Crippen LogP contribution >= 0.6 is 11.8 Å². The van der Waals surface area contributed by atoms with Crippen molar-refractivity contribution < 1.29 is 0 Å². The van der Waals surface area contributed by atoms with Gasteiger partial charge < -0.3 is 5.73 Å². The van der Waals surface area contributed by atoms with Crippen LogP contribution in [0, 0.1) is 5.92 Å². The zero-order chi connectivity index (χ0) is 10.7. The maximum atomic E-state index is 5.77. The van der Waals surface area contributed by atoms with E-state index in [0.29, 0.717) is 11.1 Å². The van der Waals surface area contributed by atoms with Gasteiger partial charge in [-0.15, -0.1) is 0 Å². The van der Waals surface area contributed by atoms with Crippen molar-refractivity contribution in [2.24, 2.45) is 5.92 Å². The Bertz CT molecular complexity index is 321. The van der Waals surface area contributed by atoms with Gasteiger partial charge in [0.1, 0.15) is 5.03 Å². The van der Waals surface area contributed by atoms with Crippen molar-refractivity contribution in [3.63, 3.8) is 0 Å². The third kappa shape index (κ3) is 2.84. The van der Waals surface area contributed by atoms with Gasteiger partial charge in [0, 0.05) is 17.6 Å². The summed E-state index contributed by atoms with van der Waals surface area (Å²) in [6.07, 6.45) is 8.58. The molecule has 0 atom stereocenters. The van der Waals surface area contributed by atoms with Gasteiger partial charge in [-0.05, 0) is 31.6 Å². The van der Waals surface area contributed by atoms with Gasteiger partial charge in [0.15, 0.2) is 5.82 Å². The van der Waals surface area contributed by atoms with Crippen LogP contribution in [0.4, 0.5) is 5.82 Å². The third-order valence-electron chi connectivity index (χ3n) is 2.93. The first-order chi connectivity index (χ1) is 7.25. The van der Waals surface area contributed by atoms with Gasteiger partial charge in [-0.3, -0.25) is 0 Å². The Morgan fingerprint density at radius 3 is 2.53 bits per heavy atom. The summed E-state index contributed by atoms with van der Waals surface area (Å²) in [5, 5.41) is 1.58. The molecule has 0 spiro atoms. The maximum absolute atomic E-state index is 5.77. The summed E-state index contributed by atoms with van der Waals surface area (Å²) in [6, 6.07) is 0. The van der Waals surface area contributed by atoms with Crippen molar-refractivity contribution in [3.8, 4) is 0 Å². The summed E-state index contributed by atoms with van der Waals surface area (Å²) >= 11 is 1.79. The van der Waals surface area contributed by atoms with Gasteiger partial charge in [-0.25, -0.2) is 9.97 Å². The average Bonchev–Trinajstić information content (AvgIpc) is 2.25. The number of hydrogen-bond acceptors (Lipinski definition) is 4. The van der Waals surface area contributed by atoms with Crippen molar-refractivity contribution in [3.05, 3.63) is 12.4 Å². The molecule has 1 aliphatic rings. The Hall–Kier alpha value is -0.770. The molecule has 1 heterocycles. The van der Waals surface area contributed by atoms with Gasteiger partial charge in [0.2, 0.25) is 0 Å². The van der Waals surface area contributed by atoms with Crippen molar-refractivity contribution in [1.29, 1.82) is 0 Å². The van der Waals surface area contributed by atoms with Crippen LogP contribution in [0.15, 0.2) is 17.4 Å². The number of anilines is 1. The van der Waals surface area contributed by atoms with E-state index < -0.39 is 0 Å². The Balaban J connectivity index is 1.95. The van der Waals surface area contributed by atoms with E-state index in [2.05, 4.69) is 16.9 Å². The first-order valence-electron chi connectivity index (χ1n) is 5.49. The highest BCUT2D eigenvalue weighted by Crippen LogP contribution is 2.36. The minimum absolute atomic E-state index is 0.570. The summed E-state index contributed by atoms with van der Waals surface area (Å²) in [5.74, 6) is 1.46. The minimum atomic E-state index is 0.570. The summed E-state index contributed by atoms with van der Waals surface area (Å²) in [6.45, 7) is 2.33. The second-order valence-corrected chi connectivity index (χ2v) is 5.54. The quantitative estimate of drug-likeness (QED) is 0.837. The van der Waals surface area contributed by atoms with E-state index in [4.69, 9.17) is 5.73 Å². The molecule has 0 radical (unpaired) electrons. The number of thioether (sulfide) groups is 1. The lowest BCUT2D eigenvalue weighted by Crippen LogP contribution is -2.14. The lowest BCUT2D eigenvalue weighted by molar-refractivity contribution is 0.393. The van der Waals surface area contributed by atoms with Crippen LogP contribution in [0.5, 0.6) is 0 Å². The molecule has 1 fully saturated rings. The van der Waals surface area contributed by atoms with Crippen LogP contribution < -0.4 is 5.73 Å². The normalized spacial score (nSPS) is 26.5. The van der Waals surface area contributed by atoms with Crippen molar-refractivity contribution in [2.45, 2.75) is 42.9 Å². The van der Waals surface area contributed by atoms with Gasteiger partial charge >= 0.3 is 0 Å². The number of nitrogens with two attached hydrogens (primary N) is 1. The highest BCUT2D eigenvalue weighted by atomic mass is 32.2. The lowest BCUT2D eigenvalue weighted by atomic mass is 9.91. The van der Waals surface area contributed by atoms with Crippen LogP contribution in [-0.2, 0) is 0 Å². The van der Waals surface area contributed by atoms with Gasteiger partial charge in [-0.2, -0.15) is 0 Å². The van der Waals surface area contributed by atoms with Crippen LogP contribution in [0.1, 0.15) is 32.6 Å². The zero-order valence-corrected chi connectivity index (χ0v) is 9.83. The Labute approximate surface area is 94.9 Å². The molecule has 1 aromatic heterocycles. The predicted octanol–water partition coefficient (Wildman–Crippen LogP) is 2.73. The molecule has 0 aliphatic heterocycles. The van der Waals surface area contributed by atoms with E-state index in [9.17, 15) is 0 Å². The SMILES string of the molecule is CC1CCC(Sc2nccnc2N)CC1. The predicted molar refractivity (Wildman–Crippen MR) is 63.7 cm³/mol. The van der Waals surface area contributed by atoms with Crippen molar-refractivity contribution >= 4 is 17.6 Å². The fourth-order valence-corrected chi connectivity index (χ4v) is 3.05. The lowest BCUT2D eigenvalue weighted by Gasteiger charge is -2.25. The fourth-order valence-electron chi connectivity index (χ4n) is 1.93. The molecule has 0 amide bonds. The molecule has 1 saturated carbocycles. The molecular formula is C11H17N3S. The van der Waals surface area contributed by atoms with Crippen LogP contribution in [0.2, 0.25) is 0 Å². The van der Waals surface area contributed by atoms with E-state index in [-0.39, 0.29) is 0 Å². The molecule has 2 N–H and O–H groups in total. The number of aromatic nitrogens is 2. The van der Waals surface area contributed by atoms with E-state index in [1.807, 2.05) is 0 Å². The highest BCUT2D eigenvalue weighted by Gasteiger charge is 2.20. The monoisotopic (exact) mass is 223 g/mol. The fraction of sp³-hybridized carbons (Fsp3) is 0.636. The molecule has 0 aromatic carbocycles. The molecule has 1 aliphatic carbocycles. The molecule has 4 heteroatoms. The Kier molecular flexibility index (Phi) is 3.46. The summed E-state index contributed by atoms with van der Waals surface area (Å²) in [5.41, 5.74) is 5.77. The largest absolute Gasteiger partial charge is 0.381 e. The Morgan fingerprint density at radius 1 is 1.20 bits per heavy atom. The van der Waals surface area contributed by atoms with Gasteiger partial charge in [0.25, 0.3) is 0 Å². The number of hydrogen-bond donors (Lipinski definition) is 1. The molecule has 15 heavy (non-hydrogen) atoms. The average molecular weight is 223 g/mol. The topological polar surface area (TPSA) is 51.8 Å². The Morgan fingerprint density at radius 2 is 1.87 bits per heavy atom. The van der Waals surface area contributed by atoms with Crippen LogP contribution in [0.3, 0.4) is 0 Å². The molecule has 3 nitrogen and oxygen atoms in total. The van der Waals surface area contributed by atoms with Crippen LogP contribution in [0.25, 0.3) is 0 Å². The second-order valence-electron chi connectivity index (χ2n) is 4.25. The molecule has 0 unspecified atom stereocenters. The smallest absolute Gasteiger partial charge is 0.156 e. The maximum Gasteiger partial charge on any atom is 0.156 e. The third-order valence-corrected chi connectivity index (χ3v) is 4.27. The molecule has 1 aromatic rings. The summed E-state index contributed by atoms with van der Waals surface area (Å²) < 4.78 is 0. The number of nitrogen functional groups attached to an aromatic ring is 1. The van der Waals surface area contributed by atoms with Crippen LogP contribution in [-0.4, -0.2) is 15.2 Å². The van der Waals surface area contributed by atoms with Gasteiger partial charge in [-0.1, -0.05) is 18.7 Å². The number of nitrogens with zero attached hydrogens (tertiary/aromatic N) is 2. The number of rotatable bonds is 2. The van der Waals surface area contributed by atoms with E-state index in [1.54, 1.807) is 24.2 Å². The zero-order valence-electron chi connectivity index (χ0n) is 9.02. The molecule has 0 bridgehead atoms. The molecule has 82 valence electrons. The van der Waals surface area contributed by atoms with Gasteiger partial charge in [0.05, 0.1) is 0 Å². The van der Waals surface area contributed by atoms with E-state index in [1.165, 1.54) is 25.7 Å². The van der Waals surface area contributed by atoms with Crippen molar-refractivity contribution in [2.75, 3.05) is 5.73 Å². The summed E-state index contributed by atoms with van der Waals surface area (Å²) in [7, 11) is 0. The minimum Gasteiger partial charge on any atom is -0.381 e. The molecule has 2 rings (SSSR count). The van der Waals surface area contributed by atoms with E-state index >= 15 is 0 Å². The molecule has 0 saturated heterocycles. The standard InChI is InChI=1S/C11H17N3S/c1-8-2-4-9(5-3-8)15-11-10(12)13-6-7-14-11/h6-9H,2-5H2,1H3,(H2,12,13). The first kappa shape index (κ1) is 10.7. The first-order valence-corrected chi connectivity index (χ1v) is 6.37. The molecular weight excluding hydrogens is 206 g/mol. The van der Waals surface area contributed by atoms with Crippen molar-refractivity contribution in [1.82, 2.24) is 9.97 Å².